The van der Waals surface area contributed by atoms with Gasteiger partial charge in [0.1, 0.15) is 5.82 Å². The normalized spacial score (nSPS) is 18.7. The Morgan fingerprint density at radius 3 is 3.06 bits per heavy atom. The highest BCUT2D eigenvalue weighted by molar-refractivity contribution is 6.31. The van der Waals surface area contributed by atoms with E-state index >= 15 is 0 Å². The van der Waals surface area contributed by atoms with Crippen LogP contribution in [-0.4, -0.2) is 20.8 Å². The van der Waals surface area contributed by atoms with Crippen molar-refractivity contribution in [2.45, 2.75) is 31.9 Å². The number of hydrogen-bond acceptors (Lipinski definition) is 2. The summed E-state index contributed by atoms with van der Waals surface area (Å²) in [6.07, 6.45) is 4.11. The van der Waals surface area contributed by atoms with E-state index in [0.717, 1.165) is 29.3 Å². The standard InChI is InChI=1S/C14H15ClN2O/c15-13-4-2-1-3-10(13)7-14-16-8-11-5-6-12(18)9-17(11)14/h1-4,8,12,18H,5-7,9H2. The van der Waals surface area contributed by atoms with Gasteiger partial charge in [0.15, 0.2) is 0 Å². The van der Waals surface area contributed by atoms with Crippen LogP contribution in [0.2, 0.25) is 5.02 Å². The molecule has 0 saturated heterocycles. The molecule has 1 unspecified atom stereocenters. The van der Waals surface area contributed by atoms with Gasteiger partial charge >= 0.3 is 0 Å². The molecule has 0 spiro atoms. The summed E-state index contributed by atoms with van der Waals surface area (Å²) in [7, 11) is 0. The van der Waals surface area contributed by atoms with Crippen molar-refractivity contribution in [2.75, 3.05) is 0 Å². The van der Waals surface area contributed by atoms with Crippen molar-refractivity contribution in [2.24, 2.45) is 0 Å². The van der Waals surface area contributed by atoms with Crippen molar-refractivity contribution in [3.63, 3.8) is 0 Å². The number of aryl methyl sites for hydroxylation is 1. The van der Waals surface area contributed by atoms with Crippen LogP contribution in [0.4, 0.5) is 0 Å². The molecule has 0 aliphatic carbocycles. The fourth-order valence-electron chi connectivity index (χ4n) is 2.45. The maximum Gasteiger partial charge on any atom is 0.113 e. The highest BCUT2D eigenvalue weighted by Gasteiger charge is 2.19. The van der Waals surface area contributed by atoms with Gasteiger partial charge in [0.2, 0.25) is 0 Å². The molecule has 3 rings (SSSR count). The third-order valence-electron chi connectivity index (χ3n) is 3.45. The van der Waals surface area contributed by atoms with Crippen LogP contribution in [0.15, 0.2) is 30.5 Å². The molecule has 1 aromatic carbocycles. The van der Waals surface area contributed by atoms with Crippen LogP contribution in [0.3, 0.4) is 0 Å². The first kappa shape index (κ1) is 11.8. The molecular weight excluding hydrogens is 248 g/mol. The molecule has 0 amide bonds. The molecule has 0 saturated carbocycles. The molecule has 3 nitrogen and oxygen atoms in total. The van der Waals surface area contributed by atoms with E-state index in [1.807, 2.05) is 30.5 Å². The number of aromatic nitrogens is 2. The Balaban J connectivity index is 1.90. The van der Waals surface area contributed by atoms with E-state index in [1.165, 1.54) is 5.69 Å². The summed E-state index contributed by atoms with van der Waals surface area (Å²) in [4.78, 5) is 4.46. The van der Waals surface area contributed by atoms with Crippen LogP contribution in [0.25, 0.3) is 0 Å². The van der Waals surface area contributed by atoms with Gasteiger partial charge in [-0.25, -0.2) is 4.98 Å². The summed E-state index contributed by atoms with van der Waals surface area (Å²) in [5.74, 6) is 0.983. The minimum atomic E-state index is -0.253. The molecule has 18 heavy (non-hydrogen) atoms. The van der Waals surface area contributed by atoms with Crippen LogP contribution in [-0.2, 0) is 19.4 Å². The lowest BCUT2D eigenvalue weighted by Gasteiger charge is -2.21. The molecular formula is C14H15ClN2O. The molecule has 94 valence electrons. The number of nitrogens with zero attached hydrogens (tertiary/aromatic N) is 2. The van der Waals surface area contributed by atoms with Crippen molar-refractivity contribution in [3.8, 4) is 0 Å². The monoisotopic (exact) mass is 262 g/mol. The number of halogens is 1. The first-order valence-corrected chi connectivity index (χ1v) is 6.56. The molecule has 1 aliphatic rings. The second-order valence-corrected chi connectivity index (χ2v) is 5.14. The van der Waals surface area contributed by atoms with Crippen molar-refractivity contribution < 1.29 is 5.11 Å². The minimum Gasteiger partial charge on any atom is -0.391 e. The summed E-state index contributed by atoms with van der Waals surface area (Å²) >= 11 is 6.17. The number of fused-ring (bicyclic) bond motifs is 1. The fourth-order valence-corrected chi connectivity index (χ4v) is 2.65. The van der Waals surface area contributed by atoms with Gasteiger partial charge in [0.05, 0.1) is 12.6 Å². The van der Waals surface area contributed by atoms with Gasteiger partial charge in [-0.3, -0.25) is 0 Å². The highest BCUT2D eigenvalue weighted by Crippen LogP contribution is 2.22. The van der Waals surface area contributed by atoms with E-state index in [4.69, 9.17) is 11.6 Å². The quantitative estimate of drug-likeness (QED) is 0.903. The maximum atomic E-state index is 9.74. The molecule has 1 aromatic heterocycles. The average molecular weight is 263 g/mol. The van der Waals surface area contributed by atoms with E-state index in [1.54, 1.807) is 0 Å². The Bertz CT molecular complexity index is 565. The smallest absolute Gasteiger partial charge is 0.113 e. The number of aliphatic hydroxyl groups is 1. The van der Waals surface area contributed by atoms with Crippen LogP contribution < -0.4 is 0 Å². The van der Waals surface area contributed by atoms with Crippen LogP contribution in [0, 0.1) is 0 Å². The molecule has 2 heterocycles. The Kier molecular flexibility index (Phi) is 3.10. The summed E-state index contributed by atoms with van der Waals surface area (Å²) in [5.41, 5.74) is 2.29. The molecule has 0 radical (unpaired) electrons. The van der Waals surface area contributed by atoms with E-state index < -0.39 is 0 Å². The molecule has 0 fully saturated rings. The largest absolute Gasteiger partial charge is 0.391 e. The van der Waals surface area contributed by atoms with E-state index in [9.17, 15) is 5.11 Å². The van der Waals surface area contributed by atoms with Crippen LogP contribution in [0.5, 0.6) is 0 Å². The van der Waals surface area contributed by atoms with Gasteiger partial charge in [0, 0.05) is 23.3 Å². The van der Waals surface area contributed by atoms with Crippen molar-refractivity contribution >= 4 is 11.6 Å². The SMILES string of the molecule is OC1CCc2cnc(Cc3ccccc3Cl)n2C1. The van der Waals surface area contributed by atoms with Gasteiger partial charge in [0.25, 0.3) is 0 Å². The molecule has 4 heteroatoms. The van der Waals surface area contributed by atoms with Gasteiger partial charge in [-0.1, -0.05) is 29.8 Å². The Morgan fingerprint density at radius 1 is 1.39 bits per heavy atom. The summed E-state index contributed by atoms with van der Waals surface area (Å²) in [6.45, 7) is 0.648. The number of hydrogen-bond donors (Lipinski definition) is 1. The molecule has 1 atom stereocenters. The lowest BCUT2D eigenvalue weighted by Crippen LogP contribution is -2.25. The predicted molar refractivity (Wildman–Crippen MR) is 70.8 cm³/mol. The summed E-state index contributed by atoms with van der Waals surface area (Å²) in [5, 5.41) is 10.5. The number of aliphatic hydroxyl groups excluding tert-OH is 1. The predicted octanol–water partition coefficient (Wildman–Crippen LogP) is 2.43. The number of benzene rings is 1. The van der Waals surface area contributed by atoms with Gasteiger partial charge in [-0.15, -0.1) is 0 Å². The van der Waals surface area contributed by atoms with E-state index in [-0.39, 0.29) is 6.10 Å². The molecule has 1 aliphatic heterocycles. The number of imidazole rings is 1. The minimum absolute atomic E-state index is 0.253. The maximum absolute atomic E-state index is 9.74. The van der Waals surface area contributed by atoms with Crippen molar-refractivity contribution in [1.82, 2.24) is 9.55 Å². The summed E-state index contributed by atoms with van der Waals surface area (Å²) in [6, 6.07) is 7.82. The molecule has 0 bridgehead atoms. The zero-order valence-electron chi connectivity index (χ0n) is 10.0. The fraction of sp³-hybridized carbons (Fsp3) is 0.357. The van der Waals surface area contributed by atoms with Crippen LogP contribution >= 0.6 is 11.6 Å². The Labute approximate surface area is 111 Å². The number of rotatable bonds is 2. The average Bonchev–Trinajstić information content (AvgIpc) is 2.75. The second kappa shape index (κ2) is 4.75. The van der Waals surface area contributed by atoms with Gasteiger partial charge in [-0.2, -0.15) is 0 Å². The highest BCUT2D eigenvalue weighted by atomic mass is 35.5. The Morgan fingerprint density at radius 2 is 2.22 bits per heavy atom. The van der Waals surface area contributed by atoms with Gasteiger partial charge in [-0.05, 0) is 24.5 Å². The van der Waals surface area contributed by atoms with E-state index in [2.05, 4.69) is 9.55 Å². The van der Waals surface area contributed by atoms with E-state index in [0.29, 0.717) is 13.0 Å². The zero-order chi connectivity index (χ0) is 12.5. The third kappa shape index (κ3) is 2.16. The lowest BCUT2D eigenvalue weighted by atomic mass is 10.1. The topological polar surface area (TPSA) is 38.1 Å². The third-order valence-corrected chi connectivity index (χ3v) is 3.82. The Hall–Kier alpha value is -1.32. The molecule has 1 N–H and O–H groups in total. The van der Waals surface area contributed by atoms with Gasteiger partial charge < -0.3 is 9.67 Å². The van der Waals surface area contributed by atoms with Crippen LogP contribution in [0.1, 0.15) is 23.5 Å². The molecule has 2 aromatic rings. The first-order chi connectivity index (χ1) is 8.74. The van der Waals surface area contributed by atoms with Crippen molar-refractivity contribution in [1.29, 1.82) is 0 Å². The first-order valence-electron chi connectivity index (χ1n) is 6.19. The lowest BCUT2D eigenvalue weighted by molar-refractivity contribution is 0.130. The zero-order valence-corrected chi connectivity index (χ0v) is 10.8. The summed E-state index contributed by atoms with van der Waals surface area (Å²) < 4.78 is 2.12. The second-order valence-electron chi connectivity index (χ2n) is 4.74. The van der Waals surface area contributed by atoms with Crippen molar-refractivity contribution in [3.05, 3.63) is 52.6 Å².